The molecule has 2 atom stereocenters. The quantitative estimate of drug-likeness (QED) is 0.458. The molecule has 1 aromatic rings. The van der Waals surface area contributed by atoms with E-state index >= 15 is 0 Å². The van der Waals surface area contributed by atoms with E-state index in [2.05, 4.69) is 83.1 Å². The van der Waals surface area contributed by atoms with Crippen LogP contribution in [0, 0.1) is 35.5 Å². The van der Waals surface area contributed by atoms with Crippen LogP contribution in [0.15, 0.2) is 0 Å². The van der Waals surface area contributed by atoms with E-state index < -0.39 is 0 Å². The molecular weight excluding hydrogens is 358 g/mol. The lowest BCUT2D eigenvalue weighted by Gasteiger charge is -2.26. The van der Waals surface area contributed by atoms with Crippen LogP contribution >= 0.6 is 11.3 Å². The van der Waals surface area contributed by atoms with Gasteiger partial charge in [-0.1, -0.05) is 83.1 Å². The zero-order valence-electron chi connectivity index (χ0n) is 21.0. The number of hydrogen-bond donors (Lipinski definition) is 0. The molecule has 28 heavy (non-hydrogen) atoms. The fourth-order valence-electron chi connectivity index (χ4n) is 4.66. The van der Waals surface area contributed by atoms with Gasteiger partial charge in [-0.05, 0) is 60.2 Å². The van der Waals surface area contributed by atoms with E-state index in [0.717, 1.165) is 35.5 Å². The molecule has 1 nitrogen and oxygen atoms in total. The van der Waals surface area contributed by atoms with Gasteiger partial charge in [-0.15, -0.1) is 11.3 Å². The van der Waals surface area contributed by atoms with Gasteiger partial charge in [0.2, 0.25) is 0 Å². The number of thiazole rings is 1. The van der Waals surface area contributed by atoms with Gasteiger partial charge in [-0.25, -0.2) is 4.98 Å². The zero-order chi connectivity index (χ0) is 21.8. The summed E-state index contributed by atoms with van der Waals surface area (Å²) in [7, 11) is 0. The van der Waals surface area contributed by atoms with E-state index in [1.807, 2.05) is 11.3 Å². The minimum absolute atomic E-state index is 0.552. The third kappa shape index (κ3) is 6.85. The average molecular weight is 408 g/mol. The Balaban J connectivity index is 0.000000280. The van der Waals surface area contributed by atoms with Gasteiger partial charge in [0.1, 0.15) is 0 Å². The molecule has 1 aliphatic rings. The maximum atomic E-state index is 4.75. The van der Waals surface area contributed by atoms with Crippen LogP contribution in [0.1, 0.15) is 129 Å². The molecule has 0 spiro atoms. The second-order valence-corrected chi connectivity index (χ2v) is 12.1. The van der Waals surface area contributed by atoms with Gasteiger partial charge in [-0.2, -0.15) is 0 Å². The normalized spacial score (nSPS) is 22.9. The minimum atomic E-state index is 0.552. The molecule has 0 saturated heterocycles. The Morgan fingerprint density at radius 1 is 0.643 bits per heavy atom. The van der Waals surface area contributed by atoms with E-state index in [9.17, 15) is 0 Å². The molecule has 0 bridgehead atoms. The van der Waals surface area contributed by atoms with Crippen molar-refractivity contribution in [3.63, 3.8) is 0 Å². The molecule has 0 N–H and O–H groups in total. The van der Waals surface area contributed by atoms with Crippen LogP contribution < -0.4 is 0 Å². The number of rotatable bonds is 6. The monoisotopic (exact) mass is 407 g/mol. The second kappa shape index (κ2) is 11.1. The van der Waals surface area contributed by atoms with Crippen LogP contribution in [0.2, 0.25) is 0 Å². The SMILES string of the molecule is CC(C)C1CC(C(C)C)C(C(C)C)C1.CC(C)c1nc(C(C)C)c(C(C)C)s1. The van der Waals surface area contributed by atoms with Crippen LogP contribution in [0.4, 0.5) is 0 Å². The summed E-state index contributed by atoms with van der Waals surface area (Å²) in [4.78, 5) is 6.22. The van der Waals surface area contributed by atoms with Gasteiger partial charge in [0.15, 0.2) is 0 Å². The third-order valence-corrected chi connectivity index (χ3v) is 8.29. The first-order chi connectivity index (χ1) is 12.9. The highest BCUT2D eigenvalue weighted by Gasteiger charge is 2.38. The molecule has 1 fully saturated rings. The van der Waals surface area contributed by atoms with Crippen molar-refractivity contribution in [2.75, 3.05) is 0 Å². The Morgan fingerprint density at radius 3 is 1.36 bits per heavy atom. The molecule has 2 heteroatoms. The summed E-state index contributed by atoms with van der Waals surface area (Å²) in [6.45, 7) is 27.8. The Labute approximate surface area is 181 Å². The van der Waals surface area contributed by atoms with Crippen LogP contribution in [-0.4, -0.2) is 4.98 Å². The van der Waals surface area contributed by atoms with Crippen molar-refractivity contribution in [2.24, 2.45) is 35.5 Å². The van der Waals surface area contributed by atoms with Crippen LogP contribution in [0.25, 0.3) is 0 Å². The fourth-order valence-corrected chi connectivity index (χ4v) is 5.88. The predicted molar refractivity (Wildman–Crippen MR) is 129 cm³/mol. The van der Waals surface area contributed by atoms with Gasteiger partial charge in [0.25, 0.3) is 0 Å². The topological polar surface area (TPSA) is 12.9 Å². The van der Waals surface area contributed by atoms with E-state index in [0.29, 0.717) is 17.8 Å². The summed E-state index contributed by atoms with van der Waals surface area (Å²) in [5, 5.41) is 1.29. The highest BCUT2D eigenvalue weighted by atomic mass is 32.1. The molecule has 0 amide bonds. The standard InChI is InChI=1S/C14H28.C12H21NS/c1-9(2)12-7-13(10(3)4)14(8-12)11(5)6;1-7(2)10-11(8(3)4)14-12(13-10)9(5)6/h9-14H,7-8H2,1-6H3;7-9H,1-6H3. The highest BCUT2D eigenvalue weighted by Crippen LogP contribution is 2.46. The van der Waals surface area contributed by atoms with Gasteiger partial charge in [0, 0.05) is 10.8 Å². The first kappa shape index (κ1) is 25.7. The van der Waals surface area contributed by atoms with Crippen molar-refractivity contribution in [2.45, 2.75) is 114 Å². The van der Waals surface area contributed by atoms with Crippen molar-refractivity contribution in [3.05, 3.63) is 15.6 Å². The molecule has 0 aromatic carbocycles. The number of hydrogen-bond acceptors (Lipinski definition) is 2. The van der Waals surface area contributed by atoms with E-state index in [-0.39, 0.29) is 0 Å². The molecule has 1 aliphatic carbocycles. The van der Waals surface area contributed by atoms with E-state index in [1.54, 1.807) is 0 Å². The second-order valence-electron chi connectivity index (χ2n) is 11.1. The molecule has 1 aromatic heterocycles. The lowest BCUT2D eigenvalue weighted by atomic mass is 9.80. The lowest BCUT2D eigenvalue weighted by molar-refractivity contribution is 0.235. The van der Waals surface area contributed by atoms with Crippen molar-refractivity contribution >= 4 is 11.3 Å². The smallest absolute Gasteiger partial charge is 0.0956 e. The average Bonchev–Trinajstić information content (AvgIpc) is 3.20. The van der Waals surface area contributed by atoms with Gasteiger partial charge >= 0.3 is 0 Å². The Hall–Kier alpha value is -0.370. The molecule has 2 rings (SSSR count). The summed E-state index contributed by atoms with van der Waals surface area (Å²) >= 11 is 1.89. The van der Waals surface area contributed by atoms with Gasteiger partial charge < -0.3 is 0 Å². The van der Waals surface area contributed by atoms with E-state index in [1.165, 1.54) is 28.4 Å². The fraction of sp³-hybridized carbons (Fsp3) is 0.885. The Bertz CT molecular complexity index is 523. The largest absolute Gasteiger partial charge is 0.245 e. The molecule has 2 unspecified atom stereocenters. The van der Waals surface area contributed by atoms with Crippen LogP contribution in [0.5, 0.6) is 0 Å². The molecular formula is C26H49NS. The zero-order valence-corrected chi connectivity index (χ0v) is 21.8. The lowest BCUT2D eigenvalue weighted by Crippen LogP contribution is -2.18. The molecule has 164 valence electrons. The van der Waals surface area contributed by atoms with Crippen molar-refractivity contribution in [1.82, 2.24) is 4.98 Å². The molecule has 1 saturated carbocycles. The van der Waals surface area contributed by atoms with Gasteiger partial charge in [-0.3, -0.25) is 0 Å². The first-order valence-electron chi connectivity index (χ1n) is 11.9. The maximum absolute atomic E-state index is 4.75. The summed E-state index contributed by atoms with van der Waals surface area (Å²) in [5.74, 6) is 7.34. The number of aromatic nitrogens is 1. The van der Waals surface area contributed by atoms with Crippen molar-refractivity contribution in [1.29, 1.82) is 0 Å². The Kier molecular flexibility index (Phi) is 10.2. The summed E-state index contributed by atoms with van der Waals surface area (Å²) in [5.41, 5.74) is 1.31. The van der Waals surface area contributed by atoms with Gasteiger partial charge in [0.05, 0.1) is 10.7 Å². The third-order valence-electron chi connectivity index (χ3n) is 6.62. The molecule has 1 heterocycles. The van der Waals surface area contributed by atoms with E-state index in [4.69, 9.17) is 4.98 Å². The molecule has 0 radical (unpaired) electrons. The number of nitrogens with zero attached hydrogens (tertiary/aromatic N) is 1. The predicted octanol–water partition coefficient (Wildman–Crippen LogP) is 9.11. The van der Waals surface area contributed by atoms with Crippen molar-refractivity contribution in [3.8, 4) is 0 Å². The minimum Gasteiger partial charge on any atom is -0.245 e. The molecule has 0 aliphatic heterocycles. The maximum Gasteiger partial charge on any atom is 0.0956 e. The summed E-state index contributed by atoms with van der Waals surface area (Å²) < 4.78 is 0. The highest BCUT2D eigenvalue weighted by molar-refractivity contribution is 7.11. The summed E-state index contributed by atoms with van der Waals surface area (Å²) in [6, 6.07) is 0. The first-order valence-corrected chi connectivity index (χ1v) is 12.7. The summed E-state index contributed by atoms with van der Waals surface area (Å²) in [6.07, 6.45) is 2.97. The van der Waals surface area contributed by atoms with Crippen LogP contribution in [-0.2, 0) is 0 Å². The van der Waals surface area contributed by atoms with Crippen molar-refractivity contribution < 1.29 is 0 Å². The Morgan fingerprint density at radius 2 is 1.11 bits per heavy atom. The van der Waals surface area contributed by atoms with Crippen LogP contribution in [0.3, 0.4) is 0 Å².